The minimum atomic E-state index is -0.441. The first kappa shape index (κ1) is 13.7. The Labute approximate surface area is 122 Å². The van der Waals surface area contributed by atoms with Crippen LogP contribution < -0.4 is 0 Å². The Hall–Kier alpha value is -0.710. The predicted octanol–water partition coefficient (Wildman–Crippen LogP) is 5.04. The van der Waals surface area contributed by atoms with Crippen molar-refractivity contribution < 1.29 is 9.18 Å². The molecule has 5 heteroatoms. The highest BCUT2D eigenvalue weighted by molar-refractivity contribution is 9.11. The zero-order valence-electron chi connectivity index (χ0n) is 9.47. The van der Waals surface area contributed by atoms with E-state index in [0.29, 0.717) is 15.5 Å². The topological polar surface area (TPSA) is 17.1 Å². The highest BCUT2D eigenvalue weighted by Crippen LogP contribution is 2.28. The van der Waals surface area contributed by atoms with Crippen LogP contribution in [0.15, 0.2) is 28.1 Å². The van der Waals surface area contributed by atoms with E-state index in [9.17, 15) is 9.18 Å². The van der Waals surface area contributed by atoms with Crippen molar-refractivity contribution in [3.63, 3.8) is 0 Å². The van der Waals surface area contributed by atoms with Gasteiger partial charge in [-0.1, -0.05) is 17.7 Å². The van der Waals surface area contributed by atoms with Gasteiger partial charge >= 0.3 is 0 Å². The van der Waals surface area contributed by atoms with Crippen LogP contribution in [0.25, 0.3) is 0 Å². The number of halogens is 3. The lowest BCUT2D eigenvalue weighted by Crippen LogP contribution is -2.03. The van der Waals surface area contributed by atoms with Crippen LogP contribution in [-0.4, -0.2) is 5.78 Å². The molecule has 0 N–H and O–H groups in total. The lowest BCUT2D eigenvalue weighted by Gasteiger charge is -2.01. The van der Waals surface area contributed by atoms with Gasteiger partial charge in [-0.25, -0.2) is 4.39 Å². The van der Waals surface area contributed by atoms with E-state index in [4.69, 9.17) is 11.6 Å². The van der Waals surface area contributed by atoms with Crippen LogP contribution in [0.2, 0.25) is 5.02 Å². The van der Waals surface area contributed by atoms with Crippen molar-refractivity contribution in [1.29, 1.82) is 0 Å². The van der Waals surface area contributed by atoms with Gasteiger partial charge < -0.3 is 0 Å². The third-order valence-electron chi connectivity index (χ3n) is 2.50. The number of rotatable bonds is 3. The predicted molar refractivity (Wildman–Crippen MR) is 76.2 cm³/mol. The quantitative estimate of drug-likeness (QED) is 0.711. The summed E-state index contributed by atoms with van der Waals surface area (Å²) >= 11 is 10.4. The molecule has 0 bridgehead atoms. The molecule has 0 spiro atoms. The van der Waals surface area contributed by atoms with E-state index in [0.717, 1.165) is 9.35 Å². The van der Waals surface area contributed by atoms with Crippen molar-refractivity contribution in [3.05, 3.63) is 54.9 Å². The van der Waals surface area contributed by atoms with Gasteiger partial charge in [0, 0.05) is 11.4 Å². The maximum absolute atomic E-state index is 13.6. The van der Waals surface area contributed by atoms with E-state index >= 15 is 0 Å². The first-order chi connectivity index (χ1) is 8.47. The minimum Gasteiger partial charge on any atom is -0.293 e. The van der Waals surface area contributed by atoms with Gasteiger partial charge in [-0.05, 0) is 52.2 Å². The molecule has 2 rings (SSSR count). The average molecular weight is 348 g/mol. The molecule has 0 aliphatic heterocycles. The second-order valence-corrected chi connectivity index (χ2v) is 6.71. The van der Waals surface area contributed by atoms with E-state index in [1.165, 1.54) is 17.4 Å². The fourth-order valence-electron chi connectivity index (χ4n) is 1.52. The highest BCUT2D eigenvalue weighted by Gasteiger charge is 2.14. The van der Waals surface area contributed by atoms with Crippen molar-refractivity contribution in [2.75, 3.05) is 0 Å². The van der Waals surface area contributed by atoms with Crippen LogP contribution >= 0.6 is 38.9 Å². The molecule has 0 saturated carbocycles. The van der Waals surface area contributed by atoms with E-state index in [2.05, 4.69) is 15.9 Å². The number of hydrogen-bond donors (Lipinski definition) is 0. The number of Topliss-reactive ketones (excluding diaryl/α,β-unsaturated/α-hetero) is 1. The monoisotopic (exact) mass is 346 g/mol. The Bertz CT molecular complexity index is 590. The summed E-state index contributed by atoms with van der Waals surface area (Å²) in [5.41, 5.74) is 1.38. The van der Waals surface area contributed by atoms with Crippen LogP contribution in [-0.2, 0) is 6.42 Å². The molecule has 0 radical (unpaired) electrons. The maximum atomic E-state index is 13.6. The molecule has 2 aromatic rings. The Morgan fingerprint density at radius 1 is 1.44 bits per heavy atom. The van der Waals surface area contributed by atoms with Crippen LogP contribution in [0, 0.1) is 12.7 Å². The molecule has 1 aromatic heterocycles. The third-order valence-corrected chi connectivity index (χ3v) is 4.91. The summed E-state index contributed by atoms with van der Waals surface area (Å²) in [6.45, 7) is 1.92. The van der Waals surface area contributed by atoms with Gasteiger partial charge in [0.25, 0.3) is 0 Å². The lowest BCUT2D eigenvalue weighted by atomic mass is 10.1. The van der Waals surface area contributed by atoms with Gasteiger partial charge in [0.05, 0.1) is 8.66 Å². The summed E-state index contributed by atoms with van der Waals surface area (Å²) in [7, 11) is 0. The normalized spacial score (nSPS) is 10.7. The number of carbonyl (C=O) groups excluding carboxylic acids is 1. The number of aryl methyl sites for hydroxylation is 1. The van der Waals surface area contributed by atoms with E-state index in [-0.39, 0.29) is 12.2 Å². The first-order valence-electron chi connectivity index (χ1n) is 5.20. The Morgan fingerprint density at radius 2 is 2.17 bits per heavy atom. The average Bonchev–Trinajstić information content (AvgIpc) is 2.63. The molecule has 0 fully saturated rings. The smallest absolute Gasteiger partial charge is 0.177 e. The van der Waals surface area contributed by atoms with E-state index < -0.39 is 5.82 Å². The fourth-order valence-corrected chi connectivity index (χ4v) is 3.15. The molecular weight excluding hydrogens is 339 g/mol. The van der Waals surface area contributed by atoms with Gasteiger partial charge in [-0.2, -0.15) is 0 Å². The largest absolute Gasteiger partial charge is 0.293 e. The molecule has 0 atom stereocenters. The van der Waals surface area contributed by atoms with Gasteiger partial charge in [0.1, 0.15) is 5.82 Å². The summed E-state index contributed by atoms with van der Waals surface area (Å²) in [6.07, 6.45) is 0.0510. The molecule has 1 heterocycles. The van der Waals surface area contributed by atoms with E-state index in [1.54, 1.807) is 12.1 Å². The van der Waals surface area contributed by atoms with Crippen molar-refractivity contribution in [3.8, 4) is 0 Å². The highest BCUT2D eigenvalue weighted by atomic mass is 79.9. The molecule has 1 nitrogen and oxygen atoms in total. The first-order valence-corrected chi connectivity index (χ1v) is 7.19. The zero-order chi connectivity index (χ0) is 13.3. The summed E-state index contributed by atoms with van der Waals surface area (Å²) in [6, 6.07) is 6.17. The number of carbonyl (C=O) groups is 1. The Kier molecular flexibility index (Phi) is 4.20. The number of thiophene rings is 1. The third kappa shape index (κ3) is 2.99. The molecule has 0 aliphatic carbocycles. The molecule has 0 aliphatic rings. The second-order valence-electron chi connectivity index (χ2n) is 3.90. The molecule has 0 saturated heterocycles. The number of hydrogen-bond acceptors (Lipinski definition) is 2. The molecule has 18 heavy (non-hydrogen) atoms. The van der Waals surface area contributed by atoms with Gasteiger partial charge in [0.2, 0.25) is 0 Å². The van der Waals surface area contributed by atoms with E-state index in [1.807, 2.05) is 13.0 Å². The van der Waals surface area contributed by atoms with Crippen LogP contribution in [0.3, 0.4) is 0 Å². The molecule has 94 valence electrons. The molecular formula is C13H9BrClFOS. The fraction of sp³-hybridized carbons (Fsp3) is 0.154. The van der Waals surface area contributed by atoms with Crippen LogP contribution in [0.5, 0.6) is 0 Å². The number of benzene rings is 1. The van der Waals surface area contributed by atoms with Crippen LogP contribution in [0.4, 0.5) is 4.39 Å². The lowest BCUT2D eigenvalue weighted by molar-refractivity contribution is 0.0995. The van der Waals surface area contributed by atoms with Crippen molar-refractivity contribution in [1.82, 2.24) is 0 Å². The molecule has 0 unspecified atom stereocenters. The van der Waals surface area contributed by atoms with Gasteiger partial charge in [-0.3, -0.25) is 4.79 Å². The van der Waals surface area contributed by atoms with Crippen molar-refractivity contribution in [2.24, 2.45) is 0 Å². The SMILES string of the molecule is Cc1cc(C(=O)Cc2ccc(Cl)cc2F)sc1Br. The summed E-state index contributed by atoms with van der Waals surface area (Å²) in [5, 5.41) is 0.332. The van der Waals surface area contributed by atoms with Crippen molar-refractivity contribution >= 4 is 44.7 Å². The second kappa shape index (κ2) is 5.51. The zero-order valence-corrected chi connectivity index (χ0v) is 12.6. The Balaban J connectivity index is 2.21. The molecule has 1 aromatic carbocycles. The van der Waals surface area contributed by atoms with Gasteiger partial charge in [-0.15, -0.1) is 11.3 Å². The standard InChI is InChI=1S/C13H9BrClFOS/c1-7-4-12(18-13(7)14)11(17)5-8-2-3-9(15)6-10(8)16/h2-4,6H,5H2,1H3. The maximum Gasteiger partial charge on any atom is 0.177 e. The summed E-state index contributed by atoms with van der Waals surface area (Å²) in [5.74, 6) is -0.529. The molecule has 0 amide bonds. The van der Waals surface area contributed by atoms with Gasteiger partial charge in [0.15, 0.2) is 5.78 Å². The summed E-state index contributed by atoms with van der Waals surface area (Å²) < 4.78 is 14.5. The van der Waals surface area contributed by atoms with Crippen molar-refractivity contribution in [2.45, 2.75) is 13.3 Å². The van der Waals surface area contributed by atoms with Crippen LogP contribution in [0.1, 0.15) is 20.8 Å². The summed E-state index contributed by atoms with van der Waals surface area (Å²) in [4.78, 5) is 12.6. The minimum absolute atomic E-state index is 0.0510. The Morgan fingerprint density at radius 3 is 2.72 bits per heavy atom. The number of ketones is 1.